The maximum atomic E-state index is 13.0. The molecule has 0 aliphatic carbocycles. The highest BCUT2D eigenvalue weighted by atomic mass is 35.5. The molecule has 0 fully saturated rings. The van der Waals surface area contributed by atoms with Crippen LogP contribution in [-0.2, 0) is 0 Å². The Labute approximate surface area is 170 Å². The number of halogens is 2. The summed E-state index contributed by atoms with van der Waals surface area (Å²) in [5.41, 5.74) is 1.97. The van der Waals surface area contributed by atoms with Gasteiger partial charge in [0.25, 0.3) is 5.91 Å². The van der Waals surface area contributed by atoms with Crippen LogP contribution in [-0.4, -0.2) is 10.9 Å². The van der Waals surface area contributed by atoms with Gasteiger partial charge in [0, 0.05) is 20.8 Å². The molecule has 0 saturated carbocycles. The maximum absolute atomic E-state index is 13.0. The van der Waals surface area contributed by atoms with E-state index in [9.17, 15) is 4.79 Å². The van der Waals surface area contributed by atoms with Crippen molar-refractivity contribution in [2.24, 2.45) is 0 Å². The van der Waals surface area contributed by atoms with Crippen LogP contribution in [0.3, 0.4) is 0 Å². The predicted octanol–water partition coefficient (Wildman–Crippen LogP) is 6.88. The van der Waals surface area contributed by atoms with Gasteiger partial charge >= 0.3 is 0 Å². The Hall–Kier alpha value is -2.40. The van der Waals surface area contributed by atoms with Gasteiger partial charge in [0.1, 0.15) is 5.69 Å². The fourth-order valence-electron chi connectivity index (χ4n) is 2.75. The zero-order valence-electron chi connectivity index (χ0n) is 14.0. The number of amides is 1. The largest absolute Gasteiger partial charge is 0.350 e. The van der Waals surface area contributed by atoms with Crippen molar-refractivity contribution in [1.29, 1.82) is 0 Å². The number of carbonyl (C=O) groups is 1. The van der Waals surface area contributed by atoms with E-state index in [2.05, 4.69) is 10.3 Å². The zero-order valence-corrected chi connectivity index (χ0v) is 16.3. The molecule has 0 spiro atoms. The second kappa shape index (κ2) is 7.69. The number of rotatable bonds is 4. The fourth-order valence-corrected chi connectivity index (χ4v) is 4.10. The summed E-state index contributed by atoms with van der Waals surface area (Å²) in [7, 11) is 0. The standard InChI is InChI=1S/C21H14Cl2N2OS/c22-13-9-11-14(12-10-13)27-20-15-5-1-3-7-17(15)24-19(20)21(26)25-18-8-4-2-6-16(18)23/h1-12,24H,(H,25,26). The Morgan fingerprint density at radius 1 is 0.889 bits per heavy atom. The van der Waals surface area contributed by atoms with Gasteiger partial charge in [-0.25, -0.2) is 0 Å². The molecule has 0 radical (unpaired) electrons. The molecule has 0 saturated heterocycles. The monoisotopic (exact) mass is 412 g/mol. The number of hydrogen-bond donors (Lipinski definition) is 2. The molecule has 0 aliphatic rings. The molecular weight excluding hydrogens is 399 g/mol. The average Bonchev–Trinajstić information content (AvgIpc) is 3.04. The van der Waals surface area contributed by atoms with Crippen LogP contribution in [0.5, 0.6) is 0 Å². The van der Waals surface area contributed by atoms with Gasteiger partial charge in [-0.05, 0) is 42.5 Å². The van der Waals surface area contributed by atoms with E-state index in [4.69, 9.17) is 23.2 Å². The minimum absolute atomic E-state index is 0.240. The number of para-hydroxylation sites is 2. The summed E-state index contributed by atoms with van der Waals surface area (Å²) in [6, 6.07) is 22.5. The van der Waals surface area contributed by atoms with Crippen molar-refractivity contribution in [2.75, 3.05) is 5.32 Å². The molecule has 0 bridgehead atoms. The Balaban J connectivity index is 1.74. The van der Waals surface area contributed by atoms with E-state index in [1.54, 1.807) is 12.1 Å². The first-order valence-electron chi connectivity index (χ1n) is 8.22. The Bertz CT molecular complexity index is 1120. The Kier molecular flexibility index (Phi) is 5.12. The number of fused-ring (bicyclic) bond motifs is 1. The van der Waals surface area contributed by atoms with Crippen LogP contribution >= 0.6 is 35.0 Å². The zero-order chi connectivity index (χ0) is 18.8. The number of nitrogens with one attached hydrogen (secondary N) is 2. The van der Waals surface area contributed by atoms with Crippen molar-refractivity contribution >= 4 is 57.5 Å². The second-order valence-electron chi connectivity index (χ2n) is 5.86. The van der Waals surface area contributed by atoms with Gasteiger partial charge in [0.05, 0.1) is 15.6 Å². The van der Waals surface area contributed by atoms with E-state index in [1.165, 1.54) is 11.8 Å². The number of hydrogen-bond acceptors (Lipinski definition) is 2. The number of aromatic nitrogens is 1. The lowest BCUT2D eigenvalue weighted by Crippen LogP contribution is -2.13. The quantitative estimate of drug-likeness (QED) is 0.383. The summed E-state index contributed by atoms with van der Waals surface area (Å²) >= 11 is 13.7. The Morgan fingerprint density at radius 2 is 1.59 bits per heavy atom. The summed E-state index contributed by atoms with van der Waals surface area (Å²) in [4.78, 5) is 18.1. The molecule has 3 aromatic carbocycles. The molecule has 4 rings (SSSR count). The molecule has 6 heteroatoms. The molecule has 0 unspecified atom stereocenters. The SMILES string of the molecule is O=C(Nc1ccccc1Cl)c1[nH]c2ccccc2c1Sc1ccc(Cl)cc1. The number of anilines is 1. The van der Waals surface area contributed by atoms with Gasteiger partial charge in [-0.3, -0.25) is 4.79 Å². The molecule has 2 N–H and O–H groups in total. The lowest BCUT2D eigenvalue weighted by Gasteiger charge is -2.08. The molecule has 0 atom stereocenters. The van der Waals surface area contributed by atoms with Crippen molar-refractivity contribution < 1.29 is 4.79 Å². The topological polar surface area (TPSA) is 44.9 Å². The molecule has 1 aromatic heterocycles. The van der Waals surface area contributed by atoms with E-state index in [0.717, 1.165) is 20.7 Å². The van der Waals surface area contributed by atoms with Crippen LogP contribution in [0.2, 0.25) is 10.0 Å². The minimum atomic E-state index is -0.240. The normalized spacial score (nSPS) is 10.9. The summed E-state index contributed by atoms with van der Waals surface area (Å²) < 4.78 is 0. The third-order valence-electron chi connectivity index (χ3n) is 4.04. The van der Waals surface area contributed by atoms with Gasteiger partial charge in [-0.2, -0.15) is 0 Å². The molecule has 1 heterocycles. The summed E-state index contributed by atoms with van der Waals surface area (Å²) in [5.74, 6) is -0.240. The van der Waals surface area contributed by atoms with E-state index in [0.29, 0.717) is 21.4 Å². The third-order valence-corrected chi connectivity index (χ3v) is 5.76. The van der Waals surface area contributed by atoms with Crippen LogP contribution in [0.1, 0.15) is 10.5 Å². The number of benzene rings is 3. The van der Waals surface area contributed by atoms with Gasteiger partial charge in [0.2, 0.25) is 0 Å². The van der Waals surface area contributed by atoms with E-state index in [1.807, 2.05) is 60.7 Å². The second-order valence-corrected chi connectivity index (χ2v) is 7.79. The molecule has 3 nitrogen and oxygen atoms in total. The van der Waals surface area contributed by atoms with Crippen molar-refractivity contribution in [2.45, 2.75) is 9.79 Å². The van der Waals surface area contributed by atoms with Crippen LogP contribution < -0.4 is 5.32 Å². The van der Waals surface area contributed by atoms with Crippen LogP contribution in [0.25, 0.3) is 10.9 Å². The van der Waals surface area contributed by atoms with Crippen molar-refractivity contribution in [3.63, 3.8) is 0 Å². The maximum Gasteiger partial charge on any atom is 0.273 e. The van der Waals surface area contributed by atoms with Crippen molar-refractivity contribution in [1.82, 2.24) is 4.98 Å². The van der Waals surface area contributed by atoms with Gasteiger partial charge in [0.15, 0.2) is 0 Å². The highest BCUT2D eigenvalue weighted by Gasteiger charge is 2.19. The molecular formula is C21H14Cl2N2OS. The minimum Gasteiger partial charge on any atom is -0.350 e. The third kappa shape index (κ3) is 3.83. The molecule has 1 amide bonds. The van der Waals surface area contributed by atoms with E-state index in [-0.39, 0.29) is 5.91 Å². The van der Waals surface area contributed by atoms with Gasteiger partial charge in [-0.15, -0.1) is 0 Å². The highest BCUT2D eigenvalue weighted by molar-refractivity contribution is 7.99. The van der Waals surface area contributed by atoms with Crippen LogP contribution in [0, 0.1) is 0 Å². The first-order chi connectivity index (χ1) is 13.1. The molecule has 0 aliphatic heterocycles. The van der Waals surface area contributed by atoms with Gasteiger partial charge < -0.3 is 10.3 Å². The average molecular weight is 413 g/mol. The van der Waals surface area contributed by atoms with E-state index < -0.39 is 0 Å². The van der Waals surface area contributed by atoms with Crippen molar-refractivity contribution in [3.8, 4) is 0 Å². The lowest BCUT2D eigenvalue weighted by atomic mass is 10.2. The molecule has 4 aromatic rings. The highest BCUT2D eigenvalue weighted by Crippen LogP contribution is 2.37. The summed E-state index contributed by atoms with van der Waals surface area (Å²) in [5, 5.41) is 5.04. The van der Waals surface area contributed by atoms with E-state index >= 15 is 0 Å². The summed E-state index contributed by atoms with van der Waals surface area (Å²) in [6.07, 6.45) is 0. The Morgan fingerprint density at radius 3 is 2.37 bits per heavy atom. The molecule has 134 valence electrons. The number of carbonyl (C=O) groups excluding carboxylic acids is 1. The smallest absolute Gasteiger partial charge is 0.273 e. The van der Waals surface area contributed by atoms with Crippen LogP contribution in [0.4, 0.5) is 5.69 Å². The van der Waals surface area contributed by atoms with Crippen molar-refractivity contribution in [3.05, 3.63) is 88.5 Å². The summed E-state index contributed by atoms with van der Waals surface area (Å²) in [6.45, 7) is 0. The van der Waals surface area contributed by atoms with Crippen LogP contribution in [0.15, 0.2) is 82.6 Å². The fraction of sp³-hybridized carbons (Fsp3) is 0. The number of aromatic amines is 1. The molecule has 27 heavy (non-hydrogen) atoms. The first-order valence-corrected chi connectivity index (χ1v) is 9.79. The lowest BCUT2D eigenvalue weighted by molar-refractivity contribution is 0.102. The number of H-pyrrole nitrogens is 1. The first kappa shape index (κ1) is 18.0. The predicted molar refractivity (Wildman–Crippen MR) is 113 cm³/mol. The van der Waals surface area contributed by atoms with Gasteiger partial charge in [-0.1, -0.05) is 65.3 Å².